The van der Waals surface area contributed by atoms with Gasteiger partial charge in [0.1, 0.15) is 11.9 Å². The van der Waals surface area contributed by atoms with Crippen LogP contribution >= 0.6 is 11.3 Å². The number of thiophene rings is 1. The minimum absolute atomic E-state index is 0.237. The van der Waals surface area contributed by atoms with E-state index in [-0.39, 0.29) is 5.82 Å². The lowest BCUT2D eigenvalue weighted by Crippen LogP contribution is -2.40. The van der Waals surface area contributed by atoms with Gasteiger partial charge in [-0.1, -0.05) is 18.2 Å². The van der Waals surface area contributed by atoms with E-state index in [1.165, 1.54) is 10.8 Å². The molecule has 0 bridgehead atoms. The molecule has 0 amide bonds. The average Bonchev–Trinajstić information content (AvgIpc) is 3.34. The van der Waals surface area contributed by atoms with Crippen LogP contribution in [-0.2, 0) is 6.42 Å². The molecule has 0 fully saturated rings. The summed E-state index contributed by atoms with van der Waals surface area (Å²) in [6, 6.07) is 14.9. The molecule has 150 valence electrons. The van der Waals surface area contributed by atoms with Gasteiger partial charge >= 0.3 is 0 Å². The molecule has 4 aromatic rings. The number of fused-ring (bicyclic) bond motifs is 2. The fourth-order valence-electron chi connectivity index (χ4n) is 3.35. The number of hydrogen-bond donors (Lipinski definition) is 4. The van der Waals surface area contributed by atoms with Crippen LogP contribution in [0.5, 0.6) is 0 Å². The largest absolute Gasteiger partial charge is 0.386 e. The summed E-state index contributed by atoms with van der Waals surface area (Å²) in [6.07, 6.45) is 2.03. The van der Waals surface area contributed by atoms with Crippen molar-refractivity contribution in [1.82, 2.24) is 15.6 Å². The van der Waals surface area contributed by atoms with Crippen LogP contribution in [-0.4, -0.2) is 36.2 Å². The standard InChI is InChI=1S/C22H23FN4OS/c1-24-22(25-9-8-15-12-26-18-7-6-16(23)11-17(15)18)27-13-19(28)21-10-14-4-2-3-5-20(14)29-21/h2-7,10-12,19,26,28H,8-9,13H2,1H3,(H2,24,25,27). The fourth-order valence-corrected chi connectivity index (χ4v) is 4.40. The summed E-state index contributed by atoms with van der Waals surface area (Å²) in [7, 11) is 1.70. The Bertz CT molecular complexity index is 1120. The van der Waals surface area contributed by atoms with E-state index in [0.29, 0.717) is 19.0 Å². The van der Waals surface area contributed by atoms with Gasteiger partial charge in [0.05, 0.1) is 0 Å². The van der Waals surface area contributed by atoms with Crippen molar-refractivity contribution in [2.75, 3.05) is 20.1 Å². The number of aliphatic imine (C=N–C) groups is 1. The molecule has 7 heteroatoms. The highest BCUT2D eigenvalue weighted by Gasteiger charge is 2.12. The van der Waals surface area contributed by atoms with Gasteiger partial charge in [0, 0.05) is 46.8 Å². The van der Waals surface area contributed by atoms with Gasteiger partial charge in [0.25, 0.3) is 0 Å². The number of benzene rings is 2. The van der Waals surface area contributed by atoms with E-state index in [2.05, 4.69) is 26.7 Å². The average molecular weight is 411 g/mol. The Morgan fingerprint density at radius 1 is 1.21 bits per heavy atom. The third-order valence-corrected chi connectivity index (χ3v) is 6.09. The van der Waals surface area contributed by atoms with Crippen molar-refractivity contribution in [3.05, 3.63) is 71.0 Å². The highest BCUT2D eigenvalue weighted by atomic mass is 32.1. The van der Waals surface area contributed by atoms with Gasteiger partial charge in [-0.05, 0) is 47.7 Å². The van der Waals surface area contributed by atoms with Crippen molar-refractivity contribution in [1.29, 1.82) is 0 Å². The van der Waals surface area contributed by atoms with Gasteiger partial charge in [0.15, 0.2) is 5.96 Å². The van der Waals surface area contributed by atoms with Gasteiger partial charge in [-0.15, -0.1) is 11.3 Å². The van der Waals surface area contributed by atoms with E-state index in [1.807, 2.05) is 30.5 Å². The lowest BCUT2D eigenvalue weighted by Gasteiger charge is -2.14. The number of guanidine groups is 1. The number of nitrogens with one attached hydrogen (secondary N) is 3. The molecule has 0 saturated carbocycles. The first-order valence-corrected chi connectivity index (χ1v) is 10.3. The third-order valence-electron chi connectivity index (χ3n) is 4.88. The van der Waals surface area contributed by atoms with E-state index in [4.69, 9.17) is 0 Å². The van der Waals surface area contributed by atoms with Crippen molar-refractivity contribution in [3.8, 4) is 0 Å². The minimum atomic E-state index is -0.609. The van der Waals surface area contributed by atoms with E-state index in [0.717, 1.165) is 33.2 Å². The van der Waals surface area contributed by atoms with Crippen LogP contribution in [0.2, 0.25) is 0 Å². The Balaban J connectivity index is 1.30. The first-order valence-electron chi connectivity index (χ1n) is 9.50. The quantitative estimate of drug-likeness (QED) is 0.287. The lowest BCUT2D eigenvalue weighted by atomic mass is 10.1. The topological polar surface area (TPSA) is 72.4 Å². The second kappa shape index (κ2) is 8.63. The second-order valence-electron chi connectivity index (χ2n) is 6.84. The smallest absolute Gasteiger partial charge is 0.191 e. The molecule has 0 aliphatic rings. The lowest BCUT2D eigenvalue weighted by molar-refractivity contribution is 0.184. The van der Waals surface area contributed by atoms with Gasteiger partial charge in [-0.3, -0.25) is 4.99 Å². The zero-order valence-electron chi connectivity index (χ0n) is 16.1. The van der Waals surface area contributed by atoms with Crippen LogP contribution in [0.1, 0.15) is 16.5 Å². The number of aliphatic hydroxyl groups is 1. The Morgan fingerprint density at radius 2 is 2.07 bits per heavy atom. The molecule has 29 heavy (non-hydrogen) atoms. The molecule has 2 aromatic heterocycles. The minimum Gasteiger partial charge on any atom is -0.386 e. The number of halogens is 1. The van der Waals surface area contributed by atoms with E-state index in [9.17, 15) is 9.50 Å². The third kappa shape index (κ3) is 4.41. The molecule has 0 radical (unpaired) electrons. The summed E-state index contributed by atoms with van der Waals surface area (Å²) >= 11 is 1.60. The van der Waals surface area contributed by atoms with E-state index >= 15 is 0 Å². The SMILES string of the molecule is CN=C(NCCc1c[nH]c2ccc(F)cc12)NCC(O)c1cc2ccccc2s1. The Kier molecular flexibility index (Phi) is 5.78. The van der Waals surface area contributed by atoms with E-state index < -0.39 is 6.10 Å². The van der Waals surface area contributed by atoms with E-state index in [1.54, 1.807) is 30.5 Å². The summed E-state index contributed by atoms with van der Waals surface area (Å²) in [6.45, 7) is 1.01. The molecule has 0 aliphatic heterocycles. The molecule has 4 N–H and O–H groups in total. The number of aliphatic hydroxyl groups excluding tert-OH is 1. The maximum Gasteiger partial charge on any atom is 0.191 e. The second-order valence-corrected chi connectivity index (χ2v) is 7.95. The molecular formula is C22H23FN4OS. The molecule has 2 aromatic carbocycles. The van der Waals surface area contributed by atoms with Crippen molar-refractivity contribution in [2.24, 2.45) is 4.99 Å². The summed E-state index contributed by atoms with van der Waals surface area (Å²) in [5.74, 6) is 0.384. The molecule has 0 spiro atoms. The van der Waals surface area contributed by atoms with Crippen LogP contribution < -0.4 is 10.6 Å². The summed E-state index contributed by atoms with van der Waals surface area (Å²) < 4.78 is 14.7. The van der Waals surface area contributed by atoms with Gasteiger partial charge in [-0.25, -0.2) is 4.39 Å². The molecule has 4 rings (SSSR count). The summed E-state index contributed by atoms with van der Waals surface area (Å²) in [5, 5.41) is 19.0. The molecular weight excluding hydrogens is 387 g/mol. The highest BCUT2D eigenvalue weighted by molar-refractivity contribution is 7.19. The number of aromatic amines is 1. The van der Waals surface area contributed by atoms with Gasteiger partial charge in [0.2, 0.25) is 0 Å². The zero-order chi connectivity index (χ0) is 20.2. The maximum atomic E-state index is 13.5. The van der Waals surface area contributed by atoms with Crippen LogP contribution in [0.25, 0.3) is 21.0 Å². The van der Waals surface area contributed by atoms with Gasteiger partial charge in [-0.2, -0.15) is 0 Å². The van der Waals surface area contributed by atoms with Crippen LogP contribution in [0.3, 0.4) is 0 Å². The van der Waals surface area contributed by atoms with Crippen LogP contribution in [0.15, 0.2) is 59.7 Å². The van der Waals surface area contributed by atoms with Crippen molar-refractivity contribution in [2.45, 2.75) is 12.5 Å². The number of hydrogen-bond acceptors (Lipinski definition) is 3. The first-order chi connectivity index (χ1) is 14.1. The summed E-state index contributed by atoms with van der Waals surface area (Å²) in [5.41, 5.74) is 1.98. The van der Waals surface area contributed by atoms with Crippen LogP contribution in [0, 0.1) is 5.82 Å². The number of aromatic nitrogens is 1. The fraction of sp³-hybridized carbons (Fsp3) is 0.227. The molecule has 1 unspecified atom stereocenters. The van der Waals surface area contributed by atoms with Crippen molar-refractivity contribution in [3.63, 3.8) is 0 Å². The Hall–Kier alpha value is -2.90. The van der Waals surface area contributed by atoms with Gasteiger partial charge < -0.3 is 20.7 Å². The molecule has 5 nitrogen and oxygen atoms in total. The Labute approximate surface area is 172 Å². The van der Waals surface area contributed by atoms with Crippen LogP contribution in [0.4, 0.5) is 4.39 Å². The monoisotopic (exact) mass is 410 g/mol. The molecule has 1 atom stereocenters. The highest BCUT2D eigenvalue weighted by Crippen LogP contribution is 2.29. The van der Waals surface area contributed by atoms with Crippen molar-refractivity contribution < 1.29 is 9.50 Å². The molecule has 2 heterocycles. The normalized spacial score (nSPS) is 13.1. The Morgan fingerprint density at radius 3 is 2.90 bits per heavy atom. The first kappa shape index (κ1) is 19.4. The summed E-state index contributed by atoms with van der Waals surface area (Å²) in [4.78, 5) is 8.30. The number of H-pyrrole nitrogens is 1. The zero-order valence-corrected chi connectivity index (χ0v) is 16.9. The number of rotatable bonds is 6. The number of nitrogens with zero attached hydrogens (tertiary/aromatic N) is 1. The van der Waals surface area contributed by atoms with Crippen molar-refractivity contribution >= 4 is 38.3 Å². The predicted octanol–water partition coefficient (Wildman–Crippen LogP) is 3.96. The maximum absolute atomic E-state index is 13.5. The molecule has 0 saturated heterocycles. The predicted molar refractivity (Wildman–Crippen MR) is 118 cm³/mol. The molecule has 0 aliphatic carbocycles.